The van der Waals surface area contributed by atoms with Crippen LogP contribution < -0.4 is 5.32 Å². The maximum atomic E-state index is 11.7. The third-order valence-corrected chi connectivity index (χ3v) is 2.79. The Labute approximate surface area is 132 Å². The van der Waals surface area contributed by atoms with Gasteiger partial charge in [-0.2, -0.15) is 0 Å². The molecule has 0 spiro atoms. The summed E-state index contributed by atoms with van der Waals surface area (Å²) in [5.74, 6) is -0.276. The minimum atomic E-state index is -0.529. The van der Waals surface area contributed by atoms with Gasteiger partial charge >= 0.3 is 12.1 Å². The highest BCUT2D eigenvalue weighted by Crippen LogP contribution is 2.08. The molecule has 0 aliphatic rings. The quantitative estimate of drug-likeness (QED) is 0.818. The lowest BCUT2D eigenvalue weighted by Crippen LogP contribution is -2.37. The summed E-state index contributed by atoms with van der Waals surface area (Å²) in [6.07, 6.45) is 0.286. The first-order valence-electron chi connectivity index (χ1n) is 7.45. The average Bonchev–Trinajstić information content (AvgIpc) is 2.42. The van der Waals surface area contributed by atoms with E-state index < -0.39 is 11.7 Å². The summed E-state index contributed by atoms with van der Waals surface area (Å²) in [5, 5.41) is 2.70. The minimum absolute atomic E-state index is 0.154. The predicted octanol–water partition coefficient (Wildman–Crippen LogP) is 3.42. The number of alkyl carbamates (subject to hydrolysis) is 1. The minimum Gasteiger partial charge on any atom is -0.461 e. The molecule has 0 aliphatic heterocycles. The summed E-state index contributed by atoms with van der Waals surface area (Å²) in [7, 11) is 0. The number of carbonyl (C=O) groups is 2. The molecule has 1 aromatic rings. The number of carbonyl (C=O) groups excluding carboxylic acids is 2. The van der Waals surface area contributed by atoms with Crippen LogP contribution in [0.1, 0.15) is 46.1 Å². The Bertz CT molecular complexity index is 479. The van der Waals surface area contributed by atoms with Crippen LogP contribution in [0.15, 0.2) is 30.3 Å². The third kappa shape index (κ3) is 8.29. The van der Waals surface area contributed by atoms with Crippen LogP contribution >= 0.6 is 0 Å². The number of ether oxygens (including phenoxy) is 2. The van der Waals surface area contributed by atoms with Gasteiger partial charge in [-0.1, -0.05) is 30.3 Å². The van der Waals surface area contributed by atoms with Crippen LogP contribution in [0.25, 0.3) is 0 Å². The van der Waals surface area contributed by atoms with Crippen molar-refractivity contribution in [2.75, 3.05) is 0 Å². The second kappa shape index (κ2) is 8.41. The van der Waals surface area contributed by atoms with Gasteiger partial charge < -0.3 is 14.8 Å². The maximum absolute atomic E-state index is 11.7. The SMILES string of the molecule is C[C@H](CCC(=O)OCc1ccccc1)NC(=O)OC(C)(C)C. The Morgan fingerprint density at radius 1 is 1.18 bits per heavy atom. The zero-order valence-corrected chi connectivity index (χ0v) is 13.7. The van der Waals surface area contributed by atoms with Crippen LogP contribution in [-0.4, -0.2) is 23.7 Å². The Kier molecular flexibility index (Phi) is 6.89. The first-order valence-corrected chi connectivity index (χ1v) is 7.45. The highest BCUT2D eigenvalue weighted by molar-refractivity contribution is 5.70. The van der Waals surface area contributed by atoms with Crippen LogP contribution in [0.3, 0.4) is 0 Å². The van der Waals surface area contributed by atoms with Gasteiger partial charge in [0.25, 0.3) is 0 Å². The largest absolute Gasteiger partial charge is 0.461 e. The van der Waals surface area contributed by atoms with Crippen LogP contribution in [0.2, 0.25) is 0 Å². The molecule has 0 saturated carbocycles. The Balaban J connectivity index is 2.21. The monoisotopic (exact) mass is 307 g/mol. The van der Waals surface area contributed by atoms with Crippen LogP contribution in [0.5, 0.6) is 0 Å². The first kappa shape index (κ1) is 18.0. The number of benzene rings is 1. The van der Waals surface area contributed by atoms with Crippen molar-refractivity contribution in [1.82, 2.24) is 5.32 Å². The maximum Gasteiger partial charge on any atom is 0.407 e. The van der Waals surface area contributed by atoms with Crippen molar-refractivity contribution in [2.45, 2.75) is 58.8 Å². The van der Waals surface area contributed by atoms with Crippen LogP contribution in [-0.2, 0) is 20.9 Å². The van der Waals surface area contributed by atoms with Gasteiger partial charge in [-0.05, 0) is 39.7 Å². The molecule has 122 valence electrons. The fraction of sp³-hybridized carbons (Fsp3) is 0.529. The molecule has 1 aromatic carbocycles. The molecule has 0 unspecified atom stereocenters. The molecule has 0 aliphatic carbocycles. The topological polar surface area (TPSA) is 64.6 Å². The molecular formula is C17H25NO4. The fourth-order valence-corrected chi connectivity index (χ4v) is 1.73. The van der Waals surface area contributed by atoms with Crippen LogP contribution in [0.4, 0.5) is 4.79 Å². The number of hydrogen-bond acceptors (Lipinski definition) is 4. The Morgan fingerprint density at radius 3 is 2.41 bits per heavy atom. The lowest BCUT2D eigenvalue weighted by Gasteiger charge is -2.21. The smallest absolute Gasteiger partial charge is 0.407 e. The van der Waals surface area contributed by atoms with E-state index in [9.17, 15) is 9.59 Å². The number of amides is 1. The first-order chi connectivity index (χ1) is 10.3. The van der Waals surface area contributed by atoms with Gasteiger partial charge in [-0.3, -0.25) is 4.79 Å². The third-order valence-electron chi connectivity index (χ3n) is 2.79. The summed E-state index contributed by atoms with van der Waals surface area (Å²) in [5.41, 5.74) is 0.425. The van der Waals surface area contributed by atoms with Gasteiger partial charge in [-0.15, -0.1) is 0 Å². The van der Waals surface area contributed by atoms with Gasteiger partial charge in [0.2, 0.25) is 0 Å². The van der Waals surface area contributed by atoms with Gasteiger partial charge in [0.05, 0.1) is 0 Å². The molecule has 22 heavy (non-hydrogen) atoms. The van der Waals surface area contributed by atoms with Gasteiger partial charge in [0, 0.05) is 12.5 Å². The zero-order valence-electron chi connectivity index (χ0n) is 13.7. The summed E-state index contributed by atoms with van der Waals surface area (Å²) in [6.45, 7) is 7.51. The summed E-state index contributed by atoms with van der Waals surface area (Å²) < 4.78 is 10.3. The van der Waals surface area contributed by atoms with Gasteiger partial charge in [0.1, 0.15) is 12.2 Å². The molecular weight excluding hydrogens is 282 g/mol. The van der Waals surface area contributed by atoms with E-state index in [2.05, 4.69) is 5.32 Å². The summed E-state index contributed by atoms with van der Waals surface area (Å²) in [4.78, 5) is 23.2. The second-order valence-corrected chi connectivity index (χ2v) is 6.23. The lowest BCUT2D eigenvalue weighted by molar-refractivity contribution is -0.145. The molecule has 0 radical (unpaired) electrons. The normalized spacial score (nSPS) is 12.4. The summed E-state index contributed by atoms with van der Waals surface area (Å²) >= 11 is 0. The van der Waals surface area contributed by atoms with Crippen molar-refractivity contribution in [2.24, 2.45) is 0 Å². The molecule has 0 aromatic heterocycles. The molecule has 1 amide bonds. The number of hydrogen-bond donors (Lipinski definition) is 1. The van der Waals surface area contributed by atoms with E-state index in [0.717, 1.165) is 5.56 Å². The summed E-state index contributed by atoms with van der Waals surface area (Å²) in [6, 6.07) is 9.36. The predicted molar refractivity (Wildman–Crippen MR) is 84.3 cm³/mol. The molecule has 0 bridgehead atoms. The number of rotatable bonds is 6. The second-order valence-electron chi connectivity index (χ2n) is 6.23. The standard InChI is InChI=1S/C17H25NO4/c1-13(18-16(20)22-17(2,3)4)10-11-15(19)21-12-14-8-6-5-7-9-14/h5-9,13H,10-12H2,1-4H3,(H,18,20)/t13-/m1/s1. The van der Waals surface area contributed by atoms with E-state index in [0.29, 0.717) is 6.42 Å². The highest BCUT2D eigenvalue weighted by atomic mass is 16.6. The Morgan fingerprint density at radius 2 is 1.82 bits per heavy atom. The van der Waals surface area contributed by atoms with Gasteiger partial charge in [0.15, 0.2) is 0 Å². The molecule has 1 N–H and O–H groups in total. The fourth-order valence-electron chi connectivity index (χ4n) is 1.73. The molecule has 0 fully saturated rings. The van der Waals surface area contributed by atoms with Crippen molar-refractivity contribution < 1.29 is 19.1 Å². The van der Waals surface area contributed by atoms with Crippen LogP contribution in [0, 0.1) is 0 Å². The Hall–Kier alpha value is -2.04. The van der Waals surface area contributed by atoms with E-state index in [1.165, 1.54) is 0 Å². The molecule has 0 saturated heterocycles. The average molecular weight is 307 g/mol. The molecule has 0 heterocycles. The van der Waals surface area contributed by atoms with E-state index >= 15 is 0 Å². The van der Waals surface area contributed by atoms with E-state index in [-0.39, 0.29) is 25.0 Å². The lowest BCUT2D eigenvalue weighted by atomic mass is 10.2. The van der Waals surface area contributed by atoms with Crippen molar-refractivity contribution in [1.29, 1.82) is 0 Å². The van der Waals surface area contributed by atoms with E-state index in [1.807, 2.05) is 37.3 Å². The van der Waals surface area contributed by atoms with Crippen molar-refractivity contribution in [3.63, 3.8) is 0 Å². The molecule has 1 atom stereocenters. The van der Waals surface area contributed by atoms with E-state index in [4.69, 9.17) is 9.47 Å². The number of nitrogens with one attached hydrogen (secondary N) is 1. The van der Waals surface area contributed by atoms with E-state index in [1.54, 1.807) is 20.8 Å². The zero-order chi connectivity index (χ0) is 16.6. The van der Waals surface area contributed by atoms with Gasteiger partial charge in [-0.25, -0.2) is 4.79 Å². The van der Waals surface area contributed by atoms with Crippen molar-refractivity contribution in [3.8, 4) is 0 Å². The van der Waals surface area contributed by atoms with Crippen molar-refractivity contribution in [3.05, 3.63) is 35.9 Å². The molecule has 1 rings (SSSR count). The highest BCUT2D eigenvalue weighted by Gasteiger charge is 2.18. The molecule has 5 nitrogen and oxygen atoms in total. The van der Waals surface area contributed by atoms with Crippen molar-refractivity contribution >= 4 is 12.1 Å². The number of esters is 1. The molecule has 5 heteroatoms.